The molecule has 1 unspecified atom stereocenters. The molecule has 3 rings (SSSR count). The third-order valence-electron chi connectivity index (χ3n) is 4.07. The second kappa shape index (κ2) is 5.65. The van der Waals surface area contributed by atoms with Crippen molar-refractivity contribution >= 4 is 10.0 Å². The van der Waals surface area contributed by atoms with E-state index in [0.29, 0.717) is 18.1 Å². The van der Waals surface area contributed by atoms with Gasteiger partial charge in [-0.25, -0.2) is 21.6 Å². The van der Waals surface area contributed by atoms with Crippen LogP contribution in [-0.4, -0.2) is 19.3 Å². The van der Waals surface area contributed by atoms with E-state index in [-0.39, 0.29) is 6.54 Å². The molecule has 0 saturated carbocycles. The van der Waals surface area contributed by atoms with E-state index in [1.165, 1.54) is 12.1 Å². The lowest BCUT2D eigenvalue weighted by atomic mass is 9.95. The second-order valence-corrected chi connectivity index (χ2v) is 7.32. The van der Waals surface area contributed by atoms with Gasteiger partial charge in [-0.3, -0.25) is 0 Å². The first-order valence-electron chi connectivity index (χ1n) is 7.06. The zero-order chi connectivity index (χ0) is 16.8. The summed E-state index contributed by atoms with van der Waals surface area (Å²) in [6, 6.07) is 5.96. The van der Waals surface area contributed by atoms with Crippen LogP contribution in [-0.2, 0) is 16.4 Å². The summed E-state index contributed by atoms with van der Waals surface area (Å²) < 4.78 is 66.8. The van der Waals surface area contributed by atoms with Crippen LogP contribution in [0.3, 0.4) is 0 Å². The van der Waals surface area contributed by atoms with Crippen molar-refractivity contribution in [3.63, 3.8) is 0 Å². The van der Waals surface area contributed by atoms with Gasteiger partial charge in [-0.1, -0.05) is 6.07 Å². The first kappa shape index (κ1) is 16.0. The number of hydrogen-bond acceptors (Lipinski definition) is 2. The number of benzene rings is 2. The maximum atomic E-state index is 13.9. The summed E-state index contributed by atoms with van der Waals surface area (Å²) in [6.45, 7) is 1.77. The molecule has 3 nitrogen and oxygen atoms in total. The van der Waals surface area contributed by atoms with Crippen LogP contribution >= 0.6 is 0 Å². The Hall–Kier alpha value is -1.86. The molecule has 0 spiro atoms. The van der Waals surface area contributed by atoms with E-state index in [1.807, 2.05) is 0 Å². The average Bonchev–Trinajstić information content (AvgIpc) is 2.47. The number of hydrogen-bond donors (Lipinski definition) is 0. The van der Waals surface area contributed by atoms with Crippen LogP contribution in [0, 0.1) is 17.5 Å². The molecule has 122 valence electrons. The lowest BCUT2D eigenvalue weighted by Crippen LogP contribution is -2.39. The van der Waals surface area contributed by atoms with Crippen LogP contribution in [0.25, 0.3) is 0 Å². The van der Waals surface area contributed by atoms with Crippen LogP contribution in [0.2, 0.25) is 0 Å². The van der Waals surface area contributed by atoms with Gasteiger partial charge in [0.1, 0.15) is 22.3 Å². The predicted octanol–water partition coefficient (Wildman–Crippen LogP) is 3.41. The van der Waals surface area contributed by atoms with E-state index >= 15 is 0 Å². The molecule has 0 bridgehead atoms. The maximum absolute atomic E-state index is 13.9. The van der Waals surface area contributed by atoms with Gasteiger partial charge in [-0.15, -0.1) is 0 Å². The molecule has 23 heavy (non-hydrogen) atoms. The van der Waals surface area contributed by atoms with Gasteiger partial charge in [0.25, 0.3) is 0 Å². The fourth-order valence-corrected chi connectivity index (χ4v) is 4.56. The minimum Gasteiger partial charge on any atom is -0.207 e. The van der Waals surface area contributed by atoms with E-state index in [2.05, 4.69) is 0 Å². The van der Waals surface area contributed by atoms with Gasteiger partial charge in [-0.05, 0) is 48.7 Å². The van der Waals surface area contributed by atoms with Crippen LogP contribution in [0.1, 0.15) is 24.1 Å². The molecule has 7 heteroatoms. The van der Waals surface area contributed by atoms with Crippen LogP contribution in [0.15, 0.2) is 41.3 Å². The van der Waals surface area contributed by atoms with E-state index < -0.39 is 38.4 Å². The molecule has 2 aromatic rings. The minimum atomic E-state index is -4.14. The topological polar surface area (TPSA) is 37.4 Å². The minimum absolute atomic E-state index is 0.152. The van der Waals surface area contributed by atoms with Crippen molar-refractivity contribution in [1.82, 2.24) is 4.31 Å². The zero-order valence-corrected chi connectivity index (χ0v) is 13.1. The van der Waals surface area contributed by atoms with Crippen molar-refractivity contribution in [3.05, 3.63) is 65.0 Å². The third-order valence-corrected chi connectivity index (χ3v) is 6.08. The highest BCUT2D eigenvalue weighted by Gasteiger charge is 2.35. The Labute approximate surface area is 132 Å². The standard InChI is InChI=1S/C16H14F3NO2S/c1-10-14-8-12(17)3-2-11(14)6-7-20(10)23(21,22)16-5-4-13(18)9-15(16)19/h2-5,8-10H,6-7H2,1H3. The van der Waals surface area contributed by atoms with Gasteiger partial charge in [0, 0.05) is 18.7 Å². The van der Waals surface area contributed by atoms with E-state index in [1.54, 1.807) is 13.0 Å². The molecule has 0 amide bonds. The number of halogens is 3. The highest BCUT2D eigenvalue weighted by Crippen LogP contribution is 2.34. The van der Waals surface area contributed by atoms with Crippen LogP contribution in [0.4, 0.5) is 13.2 Å². The summed E-state index contributed by atoms with van der Waals surface area (Å²) in [7, 11) is -4.14. The Morgan fingerprint density at radius 2 is 1.70 bits per heavy atom. The Bertz CT molecular complexity index is 868. The second-order valence-electron chi connectivity index (χ2n) is 5.46. The average molecular weight is 341 g/mol. The fourth-order valence-electron chi connectivity index (χ4n) is 2.90. The number of nitrogens with zero attached hydrogens (tertiary/aromatic N) is 1. The normalized spacial score (nSPS) is 18.7. The van der Waals surface area contributed by atoms with Crippen molar-refractivity contribution in [1.29, 1.82) is 0 Å². The molecule has 1 aliphatic rings. The van der Waals surface area contributed by atoms with Crippen LogP contribution < -0.4 is 0 Å². The van der Waals surface area contributed by atoms with Gasteiger partial charge in [0.05, 0.1) is 0 Å². The fraction of sp³-hybridized carbons (Fsp3) is 0.250. The SMILES string of the molecule is CC1c2cc(F)ccc2CCN1S(=O)(=O)c1ccc(F)cc1F. The van der Waals surface area contributed by atoms with Crippen molar-refractivity contribution in [2.45, 2.75) is 24.3 Å². The molecule has 2 aromatic carbocycles. The Morgan fingerprint density at radius 1 is 1.04 bits per heavy atom. The Morgan fingerprint density at radius 3 is 2.39 bits per heavy atom. The first-order chi connectivity index (χ1) is 10.8. The highest BCUT2D eigenvalue weighted by molar-refractivity contribution is 7.89. The molecule has 1 atom stereocenters. The highest BCUT2D eigenvalue weighted by atomic mass is 32.2. The Kier molecular flexibility index (Phi) is 3.93. The molecule has 0 aliphatic carbocycles. The molecule has 1 aliphatic heterocycles. The monoisotopic (exact) mass is 341 g/mol. The van der Waals surface area contributed by atoms with E-state index in [0.717, 1.165) is 22.0 Å². The summed E-state index contributed by atoms with van der Waals surface area (Å²) in [5, 5.41) is 0. The van der Waals surface area contributed by atoms with E-state index in [9.17, 15) is 21.6 Å². The summed E-state index contributed by atoms with van der Waals surface area (Å²) in [4.78, 5) is -0.578. The van der Waals surface area contributed by atoms with Crippen LogP contribution in [0.5, 0.6) is 0 Å². The molecule has 0 fully saturated rings. The van der Waals surface area contributed by atoms with Gasteiger partial charge < -0.3 is 0 Å². The molecular formula is C16H14F3NO2S. The number of sulfonamides is 1. The van der Waals surface area contributed by atoms with Gasteiger partial charge in [-0.2, -0.15) is 4.31 Å². The first-order valence-corrected chi connectivity index (χ1v) is 8.50. The summed E-state index contributed by atoms with van der Waals surface area (Å²) >= 11 is 0. The quantitative estimate of drug-likeness (QED) is 0.839. The van der Waals surface area contributed by atoms with Crippen molar-refractivity contribution in [3.8, 4) is 0 Å². The van der Waals surface area contributed by atoms with Gasteiger partial charge in [0.2, 0.25) is 10.0 Å². The number of fused-ring (bicyclic) bond motifs is 1. The molecule has 0 N–H and O–H groups in total. The van der Waals surface area contributed by atoms with Crippen molar-refractivity contribution in [2.75, 3.05) is 6.54 Å². The molecule has 1 heterocycles. The largest absolute Gasteiger partial charge is 0.246 e. The third kappa shape index (κ3) is 2.74. The summed E-state index contributed by atoms with van der Waals surface area (Å²) in [5.74, 6) is -2.44. The summed E-state index contributed by atoms with van der Waals surface area (Å²) in [6.07, 6.45) is 0.405. The van der Waals surface area contributed by atoms with Gasteiger partial charge >= 0.3 is 0 Å². The molecular weight excluding hydrogens is 327 g/mol. The lowest BCUT2D eigenvalue weighted by molar-refractivity contribution is 0.323. The van der Waals surface area contributed by atoms with Crippen molar-refractivity contribution < 1.29 is 21.6 Å². The number of rotatable bonds is 2. The zero-order valence-electron chi connectivity index (χ0n) is 12.3. The summed E-state index contributed by atoms with van der Waals surface area (Å²) in [5.41, 5.74) is 1.42. The molecule has 0 saturated heterocycles. The maximum Gasteiger partial charge on any atom is 0.246 e. The Balaban J connectivity index is 2.04. The smallest absolute Gasteiger partial charge is 0.207 e. The van der Waals surface area contributed by atoms with Gasteiger partial charge in [0.15, 0.2) is 0 Å². The van der Waals surface area contributed by atoms with E-state index in [4.69, 9.17) is 0 Å². The predicted molar refractivity (Wildman–Crippen MR) is 78.8 cm³/mol. The molecule has 0 radical (unpaired) electrons. The molecule has 0 aromatic heterocycles. The van der Waals surface area contributed by atoms with Crippen molar-refractivity contribution in [2.24, 2.45) is 0 Å². The lowest BCUT2D eigenvalue weighted by Gasteiger charge is -2.34.